The largest absolute Gasteiger partial charge is 1.00 e. The van der Waals surface area contributed by atoms with E-state index in [1.54, 1.807) is 0 Å². The third-order valence-corrected chi connectivity index (χ3v) is 8.13. The molecule has 1 nitrogen and oxygen atoms in total. The first-order chi connectivity index (χ1) is 8.41. The molecule has 1 rings (SSSR count). The Labute approximate surface area is 134 Å². The predicted octanol–water partition coefficient (Wildman–Crippen LogP) is 2.00. The first-order valence-corrected chi connectivity index (χ1v) is 10.5. The SMILES string of the molecule is CC(C)[CH2][Al-]([CH3])([CH2]C(C)C)/[N]=C/c1ccccc1.[Li+]. The number of hydrogen-bond donors (Lipinski definition) is 0. The number of benzene rings is 1. The Hall–Kier alpha value is 0.0199. The minimum atomic E-state index is -1.80. The zero-order chi connectivity index (χ0) is 13.6. The van der Waals surface area contributed by atoms with Crippen LogP contribution in [0.1, 0.15) is 33.3 Å². The van der Waals surface area contributed by atoms with Crippen LogP contribution < -0.4 is 18.9 Å². The van der Waals surface area contributed by atoms with Gasteiger partial charge in [0.1, 0.15) is 0 Å². The van der Waals surface area contributed by atoms with Gasteiger partial charge in [-0.3, -0.25) is 0 Å². The monoisotopic (exact) mass is 267 g/mol. The van der Waals surface area contributed by atoms with Gasteiger partial charge in [0.2, 0.25) is 0 Å². The van der Waals surface area contributed by atoms with Crippen molar-refractivity contribution in [2.75, 3.05) is 0 Å². The van der Waals surface area contributed by atoms with Crippen molar-refractivity contribution in [1.82, 2.24) is 0 Å². The molecule has 0 radical (unpaired) electrons. The Bertz CT molecular complexity index is 364. The van der Waals surface area contributed by atoms with E-state index in [-0.39, 0.29) is 18.9 Å². The van der Waals surface area contributed by atoms with Gasteiger partial charge in [-0.25, -0.2) is 0 Å². The second-order valence-corrected chi connectivity index (χ2v) is 11.4. The van der Waals surface area contributed by atoms with Gasteiger partial charge in [0.15, 0.2) is 0 Å². The van der Waals surface area contributed by atoms with Gasteiger partial charge < -0.3 is 3.98 Å². The van der Waals surface area contributed by atoms with Crippen LogP contribution in [0.3, 0.4) is 0 Å². The van der Waals surface area contributed by atoms with Crippen molar-refractivity contribution in [3.8, 4) is 0 Å². The molecule has 100 valence electrons. The Kier molecular flexibility index (Phi) is 9.06. The van der Waals surface area contributed by atoms with Crippen molar-refractivity contribution in [3.05, 3.63) is 35.9 Å². The van der Waals surface area contributed by atoms with Crippen LogP contribution in [0.15, 0.2) is 34.3 Å². The fourth-order valence-electron chi connectivity index (χ4n) is 3.05. The van der Waals surface area contributed by atoms with Crippen LogP contribution in [0.2, 0.25) is 16.4 Å². The minimum Gasteiger partial charge on any atom is -0.557 e. The van der Waals surface area contributed by atoms with Gasteiger partial charge in [0, 0.05) is 0 Å². The average molecular weight is 267 g/mol. The molecule has 0 atom stereocenters. The zero-order valence-electron chi connectivity index (χ0n) is 13.6. The van der Waals surface area contributed by atoms with Crippen LogP contribution >= 0.6 is 0 Å². The molecule has 0 aliphatic rings. The van der Waals surface area contributed by atoms with E-state index in [4.69, 9.17) is 3.98 Å². The van der Waals surface area contributed by atoms with Crippen molar-refractivity contribution in [1.29, 1.82) is 0 Å². The van der Waals surface area contributed by atoms with Crippen LogP contribution in [0.25, 0.3) is 0 Å². The van der Waals surface area contributed by atoms with Crippen molar-refractivity contribution >= 4 is 19.5 Å². The molecule has 0 saturated carbocycles. The molecule has 0 saturated heterocycles. The molecular weight excluding hydrogens is 240 g/mol. The maximum absolute atomic E-state index is 5.05. The molecule has 19 heavy (non-hydrogen) atoms. The topological polar surface area (TPSA) is 12.4 Å². The van der Waals surface area contributed by atoms with Crippen molar-refractivity contribution in [2.24, 2.45) is 15.8 Å². The number of hydrogen-bond acceptors (Lipinski definition) is 1. The first-order valence-electron chi connectivity index (χ1n) is 7.24. The third kappa shape index (κ3) is 8.02. The summed E-state index contributed by atoms with van der Waals surface area (Å²) in [6.45, 7) is 9.26. The van der Waals surface area contributed by atoms with E-state index in [1.165, 1.54) is 16.1 Å². The third-order valence-electron chi connectivity index (χ3n) is 3.34. The van der Waals surface area contributed by atoms with E-state index in [0.29, 0.717) is 0 Å². The quantitative estimate of drug-likeness (QED) is 0.552. The fourth-order valence-corrected chi connectivity index (χ4v) is 8.08. The second-order valence-electron chi connectivity index (χ2n) is 6.68. The second kappa shape index (κ2) is 9.05. The Morgan fingerprint density at radius 3 is 1.89 bits per heavy atom. The molecule has 0 unspecified atom stereocenters. The molecule has 0 fully saturated rings. The van der Waals surface area contributed by atoms with Crippen molar-refractivity contribution < 1.29 is 18.9 Å². The van der Waals surface area contributed by atoms with E-state index < -0.39 is 13.3 Å². The van der Waals surface area contributed by atoms with E-state index in [1.807, 2.05) is 0 Å². The Balaban J connectivity index is 0.00000324. The van der Waals surface area contributed by atoms with Crippen LogP contribution in [0.4, 0.5) is 0 Å². The normalized spacial score (nSPS) is 12.2. The standard InChI is InChI=1S/C7H6N.2C4H9.CH3.Al.Li/c8-6-7-4-2-1-3-5-7;2*1-4(2)3;;;/h1-6H;2*4H,1H2,2-3H3;1H3;;/q-1;;;;;+1. The maximum atomic E-state index is 5.05. The smallest absolute Gasteiger partial charge is 0.557 e. The van der Waals surface area contributed by atoms with Crippen LogP contribution in [0.5, 0.6) is 0 Å². The summed E-state index contributed by atoms with van der Waals surface area (Å²) < 4.78 is 5.05. The number of nitrogens with zero attached hydrogens (tertiary/aromatic N) is 1. The summed E-state index contributed by atoms with van der Waals surface area (Å²) >= 11 is -1.80. The van der Waals surface area contributed by atoms with E-state index >= 15 is 0 Å². The number of rotatable bonds is 6. The van der Waals surface area contributed by atoms with Gasteiger partial charge >= 0.3 is 18.9 Å². The van der Waals surface area contributed by atoms with Gasteiger partial charge in [0.25, 0.3) is 13.3 Å². The van der Waals surface area contributed by atoms with E-state index in [2.05, 4.69) is 70.0 Å². The molecular formula is C16H27AlLiN. The molecule has 0 amide bonds. The molecule has 0 aromatic heterocycles. The molecule has 0 heterocycles. The molecule has 0 N–H and O–H groups in total. The summed E-state index contributed by atoms with van der Waals surface area (Å²) in [5.74, 6) is 3.96. The summed E-state index contributed by atoms with van der Waals surface area (Å²) in [4.78, 5) is 0. The van der Waals surface area contributed by atoms with Crippen LogP contribution in [-0.4, -0.2) is 19.5 Å². The van der Waals surface area contributed by atoms with Gasteiger partial charge in [0.05, 0.1) is 0 Å². The Morgan fingerprint density at radius 1 is 1.00 bits per heavy atom. The molecule has 3 heteroatoms. The van der Waals surface area contributed by atoms with E-state index in [0.717, 1.165) is 11.8 Å². The fraction of sp³-hybridized carbons (Fsp3) is 0.562. The molecule has 0 bridgehead atoms. The van der Waals surface area contributed by atoms with Gasteiger partial charge in [-0.15, -0.1) is 0 Å². The summed E-state index contributed by atoms with van der Waals surface area (Å²) in [5, 5.41) is 2.63. The van der Waals surface area contributed by atoms with Gasteiger partial charge in [-0.05, 0) is 11.8 Å². The molecule has 0 aliphatic carbocycles. The molecule has 0 spiro atoms. The van der Waals surface area contributed by atoms with Gasteiger partial charge in [-0.1, -0.05) is 69.9 Å². The van der Waals surface area contributed by atoms with Crippen molar-refractivity contribution in [2.45, 2.75) is 44.0 Å². The average Bonchev–Trinajstić information content (AvgIpc) is 2.26. The van der Waals surface area contributed by atoms with Crippen LogP contribution in [-0.2, 0) is 0 Å². The van der Waals surface area contributed by atoms with Gasteiger partial charge in [-0.2, -0.15) is 16.4 Å². The molecule has 0 aliphatic heterocycles. The molecule has 1 aromatic carbocycles. The predicted molar refractivity (Wildman–Crippen MR) is 84.9 cm³/mol. The first kappa shape index (κ1) is 19.0. The Morgan fingerprint density at radius 2 is 1.47 bits per heavy atom. The van der Waals surface area contributed by atoms with Crippen molar-refractivity contribution in [3.63, 3.8) is 0 Å². The molecule has 1 aromatic rings. The minimum absolute atomic E-state index is 0. The summed E-state index contributed by atoms with van der Waals surface area (Å²) in [7, 11) is 0. The van der Waals surface area contributed by atoms with E-state index in [9.17, 15) is 0 Å². The zero-order valence-corrected chi connectivity index (χ0v) is 14.7. The summed E-state index contributed by atoms with van der Waals surface area (Å²) in [5.41, 5.74) is 1.23. The summed E-state index contributed by atoms with van der Waals surface area (Å²) in [6, 6.07) is 10.5. The summed E-state index contributed by atoms with van der Waals surface area (Å²) in [6.07, 6.45) is 2.11. The maximum Gasteiger partial charge on any atom is 1.00 e. The van der Waals surface area contributed by atoms with Crippen LogP contribution in [0, 0.1) is 11.8 Å².